The number of amides is 1. The lowest BCUT2D eigenvalue weighted by Crippen LogP contribution is -2.33. The number of hydrogen-bond donors (Lipinski definition) is 0. The molecule has 0 saturated heterocycles. The third-order valence-corrected chi connectivity index (χ3v) is 2.85. The van der Waals surface area contributed by atoms with Crippen LogP contribution in [0.4, 0.5) is 4.39 Å². The van der Waals surface area contributed by atoms with Gasteiger partial charge in [0.25, 0.3) is 5.91 Å². The van der Waals surface area contributed by atoms with Gasteiger partial charge in [0.05, 0.1) is 11.8 Å². The fraction of sp³-hybridized carbons (Fsp3) is 0.571. The van der Waals surface area contributed by atoms with Crippen LogP contribution >= 0.6 is 0 Å². The second kappa shape index (κ2) is 7.80. The lowest BCUT2D eigenvalue weighted by Gasteiger charge is -2.22. The first-order chi connectivity index (χ1) is 8.70. The van der Waals surface area contributed by atoms with Crippen molar-refractivity contribution in [3.63, 3.8) is 0 Å². The second-order valence-corrected chi connectivity index (χ2v) is 4.35. The number of pyridine rings is 1. The number of unbranched alkanes of at least 4 members (excludes halogenated alkanes) is 2. The van der Waals surface area contributed by atoms with E-state index in [9.17, 15) is 9.18 Å². The number of halogens is 1. The van der Waals surface area contributed by atoms with E-state index in [4.69, 9.17) is 0 Å². The molecule has 0 radical (unpaired) electrons. The van der Waals surface area contributed by atoms with Crippen LogP contribution in [0.2, 0.25) is 0 Å². The second-order valence-electron chi connectivity index (χ2n) is 4.35. The number of carbonyl (C=O) groups is 1. The van der Waals surface area contributed by atoms with E-state index in [1.54, 1.807) is 4.90 Å². The Morgan fingerprint density at radius 1 is 1.28 bits per heavy atom. The lowest BCUT2D eigenvalue weighted by molar-refractivity contribution is 0.0746. The van der Waals surface area contributed by atoms with Crippen molar-refractivity contribution in [1.82, 2.24) is 9.88 Å². The number of aromatic nitrogens is 1. The summed E-state index contributed by atoms with van der Waals surface area (Å²) in [6.07, 6.45) is 6.48. The highest BCUT2D eigenvalue weighted by molar-refractivity contribution is 5.94. The van der Waals surface area contributed by atoms with E-state index in [-0.39, 0.29) is 11.5 Å². The van der Waals surface area contributed by atoms with Crippen molar-refractivity contribution in [2.75, 3.05) is 13.1 Å². The van der Waals surface area contributed by atoms with Crippen molar-refractivity contribution >= 4 is 5.91 Å². The molecule has 0 saturated carbocycles. The van der Waals surface area contributed by atoms with Crippen LogP contribution in [0.5, 0.6) is 0 Å². The summed E-state index contributed by atoms with van der Waals surface area (Å²) < 4.78 is 13.5. The van der Waals surface area contributed by atoms with Crippen LogP contribution in [0.15, 0.2) is 18.5 Å². The Morgan fingerprint density at radius 2 is 1.89 bits per heavy atom. The van der Waals surface area contributed by atoms with Gasteiger partial charge in [-0.15, -0.1) is 0 Å². The Hall–Kier alpha value is -1.45. The topological polar surface area (TPSA) is 33.2 Å². The van der Waals surface area contributed by atoms with Gasteiger partial charge >= 0.3 is 0 Å². The van der Waals surface area contributed by atoms with Crippen LogP contribution in [-0.2, 0) is 0 Å². The molecule has 1 heterocycles. The van der Waals surface area contributed by atoms with E-state index in [1.807, 2.05) is 0 Å². The summed E-state index contributed by atoms with van der Waals surface area (Å²) in [7, 11) is 0. The molecular weight excluding hydrogens is 231 g/mol. The quantitative estimate of drug-likeness (QED) is 0.746. The number of nitrogens with zero attached hydrogens (tertiary/aromatic N) is 2. The lowest BCUT2D eigenvalue weighted by atomic mass is 10.2. The van der Waals surface area contributed by atoms with Crippen molar-refractivity contribution in [3.05, 3.63) is 29.8 Å². The van der Waals surface area contributed by atoms with Crippen molar-refractivity contribution in [2.45, 2.75) is 39.5 Å². The van der Waals surface area contributed by atoms with Gasteiger partial charge in [0.1, 0.15) is 0 Å². The number of carbonyl (C=O) groups excluding carboxylic acids is 1. The van der Waals surface area contributed by atoms with E-state index >= 15 is 0 Å². The zero-order chi connectivity index (χ0) is 13.4. The minimum absolute atomic E-state index is 0.122. The fourth-order valence-electron chi connectivity index (χ4n) is 1.73. The van der Waals surface area contributed by atoms with Gasteiger partial charge in [-0.25, -0.2) is 4.39 Å². The standard InChI is InChI=1S/C14H21FN2O/c1-3-5-9-17(10-6-4-2)14(18)12-7-8-16-11-13(12)15/h7-8,11H,3-6,9-10H2,1-2H3. The fourth-order valence-corrected chi connectivity index (χ4v) is 1.73. The third-order valence-electron chi connectivity index (χ3n) is 2.85. The molecule has 0 bridgehead atoms. The molecule has 1 rings (SSSR count). The smallest absolute Gasteiger partial charge is 0.256 e. The average Bonchev–Trinajstić information content (AvgIpc) is 2.39. The van der Waals surface area contributed by atoms with Crippen molar-refractivity contribution in [3.8, 4) is 0 Å². The first kappa shape index (κ1) is 14.6. The maximum absolute atomic E-state index is 13.5. The minimum atomic E-state index is -0.541. The zero-order valence-corrected chi connectivity index (χ0v) is 11.2. The SMILES string of the molecule is CCCCN(CCCC)C(=O)c1ccncc1F. The van der Waals surface area contributed by atoms with Crippen molar-refractivity contribution in [1.29, 1.82) is 0 Å². The predicted molar refractivity (Wildman–Crippen MR) is 69.9 cm³/mol. The molecule has 1 aromatic heterocycles. The molecule has 0 N–H and O–H groups in total. The molecule has 3 nitrogen and oxygen atoms in total. The van der Waals surface area contributed by atoms with Crippen LogP contribution in [-0.4, -0.2) is 28.9 Å². The largest absolute Gasteiger partial charge is 0.339 e. The molecule has 0 fully saturated rings. The van der Waals surface area contributed by atoms with Gasteiger partial charge in [-0.1, -0.05) is 26.7 Å². The first-order valence-electron chi connectivity index (χ1n) is 6.59. The molecule has 4 heteroatoms. The van der Waals surface area contributed by atoms with E-state index in [1.165, 1.54) is 12.3 Å². The summed E-state index contributed by atoms with van der Waals surface area (Å²) in [6.45, 7) is 5.54. The van der Waals surface area contributed by atoms with Crippen LogP contribution in [0.25, 0.3) is 0 Å². The van der Waals surface area contributed by atoms with Crippen LogP contribution in [0, 0.1) is 5.82 Å². The van der Waals surface area contributed by atoms with Crippen molar-refractivity contribution < 1.29 is 9.18 Å². The Balaban J connectivity index is 2.77. The molecule has 0 aliphatic rings. The maximum atomic E-state index is 13.5. The van der Waals surface area contributed by atoms with E-state index < -0.39 is 5.82 Å². The van der Waals surface area contributed by atoms with Gasteiger partial charge < -0.3 is 4.90 Å². The summed E-state index contributed by atoms with van der Waals surface area (Å²) in [5.74, 6) is -0.766. The molecular formula is C14H21FN2O. The molecule has 0 aromatic carbocycles. The first-order valence-corrected chi connectivity index (χ1v) is 6.59. The van der Waals surface area contributed by atoms with E-state index in [0.717, 1.165) is 31.9 Å². The van der Waals surface area contributed by atoms with Gasteiger partial charge in [0.15, 0.2) is 5.82 Å². The molecule has 0 aliphatic carbocycles. The Bertz CT molecular complexity index is 374. The maximum Gasteiger partial charge on any atom is 0.256 e. The van der Waals surface area contributed by atoms with Gasteiger partial charge in [0.2, 0.25) is 0 Å². The van der Waals surface area contributed by atoms with Gasteiger partial charge in [-0.3, -0.25) is 9.78 Å². The molecule has 1 amide bonds. The molecule has 0 atom stereocenters. The molecule has 0 unspecified atom stereocenters. The molecule has 100 valence electrons. The van der Waals surface area contributed by atoms with Crippen molar-refractivity contribution in [2.24, 2.45) is 0 Å². The number of rotatable bonds is 7. The highest BCUT2D eigenvalue weighted by Crippen LogP contribution is 2.10. The highest BCUT2D eigenvalue weighted by atomic mass is 19.1. The normalized spacial score (nSPS) is 10.4. The summed E-state index contributed by atoms with van der Waals surface area (Å²) >= 11 is 0. The highest BCUT2D eigenvalue weighted by Gasteiger charge is 2.18. The van der Waals surface area contributed by atoms with Gasteiger partial charge in [-0.05, 0) is 18.9 Å². The summed E-state index contributed by atoms with van der Waals surface area (Å²) in [5, 5.41) is 0. The van der Waals surface area contributed by atoms with Crippen LogP contribution in [0.3, 0.4) is 0 Å². The predicted octanol–water partition coefficient (Wildman–Crippen LogP) is 3.26. The van der Waals surface area contributed by atoms with Crippen LogP contribution in [0.1, 0.15) is 49.9 Å². The summed E-state index contributed by atoms with van der Waals surface area (Å²) in [5.41, 5.74) is 0.122. The van der Waals surface area contributed by atoms with Gasteiger partial charge in [-0.2, -0.15) is 0 Å². The number of hydrogen-bond acceptors (Lipinski definition) is 2. The Kier molecular flexibility index (Phi) is 6.33. The molecule has 1 aromatic rings. The molecule has 18 heavy (non-hydrogen) atoms. The average molecular weight is 252 g/mol. The van der Waals surface area contributed by atoms with E-state index in [2.05, 4.69) is 18.8 Å². The minimum Gasteiger partial charge on any atom is -0.339 e. The molecule has 0 spiro atoms. The molecule has 0 aliphatic heterocycles. The zero-order valence-electron chi connectivity index (χ0n) is 11.2. The monoisotopic (exact) mass is 252 g/mol. The summed E-state index contributed by atoms with van der Waals surface area (Å²) in [4.78, 5) is 17.6. The van der Waals surface area contributed by atoms with Crippen LogP contribution < -0.4 is 0 Å². The van der Waals surface area contributed by atoms with E-state index in [0.29, 0.717) is 13.1 Å². The Labute approximate surface area is 108 Å². The summed E-state index contributed by atoms with van der Waals surface area (Å²) in [6, 6.07) is 1.45. The third kappa shape index (κ3) is 4.09. The van der Waals surface area contributed by atoms with Gasteiger partial charge in [0, 0.05) is 19.3 Å². The Morgan fingerprint density at radius 3 is 2.39 bits per heavy atom.